The van der Waals surface area contributed by atoms with Gasteiger partial charge in [-0.15, -0.1) is 0 Å². The summed E-state index contributed by atoms with van der Waals surface area (Å²) in [5.41, 5.74) is 2.27. The third-order valence-corrected chi connectivity index (χ3v) is 4.26. The van der Waals surface area contributed by atoms with Gasteiger partial charge in [-0.25, -0.2) is 0 Å². The molecule has 96 valence electrons. The molecule has 18 heavy (non-hydrogen) atoms. The van der Waals surface area contributed by atoms with Crippen LogP contribution in [-0.4, -0.2) is 30.9 Å². The van der Waals surface area contributed by atoms with Gasteiger partial charge in [0.15, 0.2) is 0 Å². The number of anilines is 1. The second-order valence-electron chi connectivity index (χ2n) is 5.54. The molecule has 1 aliphatic carbocycles. The van der Waals surface area contributed by atoms with Gasteiger partial charge in [-0.2, -0.15) is 0 Å². The minimum absolute atomic E-state index is 0.00581. The number of hydrogen-bond donors (Lipinski definition) is 1. The SMILES string of the molecule is CN(CC1CCC1)C(=O)C1CNc2ccccc21. The Labute approximate surface area is 108 Å². The fraction of sp³-hybridized carbons (Fsp3) is 0.533. The van der Waals surface area contributed by atoms with Crippen LogP contribution in [0.3, 0.4) is 0 Å². The molecule has 3 heteroatoms. The summed E-state index contributed by atoms with van der Waals surface area (Å²) in [4.78, 5) is 14.4. The van der Waals surface area contributed by atoms with Crippen molar-refractivity contribution in [2.24, 2.45) is 5.92 Å². The van der Waals surface area contributed by atoms with Gasteiger partial charge >= 0.3 is 0 Å². The largest absolute Gasteiger partial charge is 0.384 e. The predicted molar refractivity (Wildman–Crippen MR) is 72.7 cm³/mol. The number of nitrogens with one attached hydrogen (secondary N) is 1. The molecule has 0 spiro atoms. The van der Waals surface area contributed by atoms with E-state index in [-0.39, 0.29) is 11.8 Å². The number of rotatable bonds is 3. The number of benzene rings is 1. The Bertz CT molecular complexity index is 454. The molecule has 1 atom stereocenters. The molecule has 3 rings (SSSR count). The van der Waals surface area contributed by atoms with Gasteiger partial charge in [0.2, 0.25) is 5.91 Å². The normalized spacial score (nSPS) is 21.9. The van der Waals surface area contributed by atoms with Crippen molar-refractivity contribution in [2.45, 2.75) is 25.2 Å². The zero-order valence-electron chi connectivity index (χ0n) is 10.9. The molecule has 1 amide bonds. The second-order valence-corrected chi connectivity index (χ2v) is 5.54. The Hall–Kier alpha value is -1.51. The van der Waals surface area contributed by atoms with E-state index in [9.17, 15) is 4.79 Å². The summed E-state index contributed by atoms with van der Waals surface area (Å²) in [6.45, 7) is 1.67. The van der Waals surface area contributed by atoms with E-state index in [1.807, 2.05) is 24.1 Å². The molecule has 1 aromatic rings. The molecule has 0 saturated heterocycles. The van der Waals surface area contributed by atoms with Gasteiger partial charge in [0.1, 0.15) is 0 Å². The van der Waals surface area contributed by atoms with Crippen LogP contribution >= 0.6 is 0 Å². The van der Waals surface area contributed by atoms with E-state index in [2.05, 4.69) is 17.4 Å². The van der Waals surface area contributed by atoms with Crippen molar-refractivity contribution >= 4 is 11.6 Å². The first-order valence-electron chi connectivity index (χ1n) is 6.83. The zero-order valence-corrected chi connectivity index (χ0v) is 10.9. The van der Waals surface area contributed by atoms with Crippen molar-refractivity contribution in [3.63, 3.8) is 0 Å². The van der Waals surface area contributed by atoms with Gasteiger partial charge in [-0.1, -0.05) is 24.6 Å². The average Bonchev–Trinajstić information content (AvgIpc) is 2.76. The quantitative estimate of drug-likeness (QED) is 0.885. The van der Waals surface area contributed by atoms with Crippen LogP contribution in [0.2, 0.25) is 0 Å². The summed E-state index contributed by atoms with van der Waals surface area (Å²) in [5.74, 6) is 1.01. The Balaban J connectivity index is 1.69. The van der Waals surface area contributed by atoms with Crippen LogP contribution < -0.4 is 5.32 Å². The third-order valence-electron chi connectivity index (χ3n) is 4.26. The van der Waals surface area contributed by atoms with Crippen LogP contribution in [0, 0.1) is 5.92 Å². The predicted octanol–water partition coefficient (Wildman–Crippen LogP) is 2.45. The van der Waals surface area contributed by atoms with Crippen molar-refractivity contribution in [2.75, 3.05) is 25.5 Å². The zero-order chi connectivity index (χ0) is 12.5. The van der Waals surface area contributed by atoms with E-state index < -0.39 is 0 Å². The van der Waals surface area contributed by atoms with Crippen molar-refractivity contribution in [3.8, 4) is 0 Å². The van der Waals surface area contributed by atoms with Crippen molar-refractivity contribution in [1.82, 2.24) is 4.90 Å². The Morgan fingerprint density at radius 2 is 2.17 bits per heavy atom. The summed E-state index contributed by atoms with van der Waals surface area (Å²) >= 11 is 0. The highest BCUT2D eigenvalue weighted by molar-refractivity contribution is 5.88. The van der Waals surface area contributed by atoms with Crippen LogP contribution in [0.25, 0.3) is 0 Å². The minimum atomic E-state index is 0.00581. The lowest BCUT2D eigenvalue weighted by atomic mass is 9.85. The maximum atomic E-state index is 12.5. The van der Waals surface area contributed by atoms with Crippen molar-refractivity contribution < 1.29 is 4.79 Å². The number of fused-ring (bicyclic) bond motifs is 1. The molecule has 1 saturated carbocycles. The first-order valence-corrected chi connectivity index (χ1v) is 6.83. The van der Waals surface area contributed by atoms with Crippen LogP contribution in [0.4, 0.5) is 5.69 Å². The molecule has 1 N–H and O–H groups in total. The number of amides is 1. The first-order chi connectivity index (χ1) is 8.75. The summed E-state index contributed by atoms with van der Waals surface area (Å²) in [7, 11) is 1.95. The fourth-order valence-corrected chi connectivity index (χ4v) is 2.92. The molecule has 1 aromatic carbocycles. The van der Waals surface area contributed by atoms with Gasteiger partial charge in [0, 0.05) is 25.8 Å². The molecule has 1 heterocycles. The third kappa shape index (κ3) is 1.98. The van der Waals surface area contributed by atoms with Crippen LogP contribution in [0.15, 0.2) is 24.3 Å². The monoisotopic (exact) mass is 244 g/mol. The number of likely N-dealkylation sites (N-methyl/N-ethyl adjacent to an activating group) is 1. The molecule has 3 nitrogen and oxygen atoms in total. The lowest BCUT2D eigenvalue weighted by molar-refractivity contribution is -0.132. The minimum Gasteiger partial charge on any atom is -0.384 e. The first kappa shape index (κ1) is 11.6. The molecule has 0 aromatic heterocycles. The highest BCUT2D eigenvalue weighted by Crippen LogP contribution is 2.33. The standard InChI is InChI=1S/C15H20N2O/c1-17(10-11-5-4-6-11)15(18)13-9-16-14-8-3-2-7-12(13)14/h2-3,7-8,11,13,16H,4-6,9-10H2,1H3. The Kier molecular flexibility index (Phi) is 2.98. The summed E-state index contributed by atoms with van der Waals surface area (Å²) in [6, 6.07) is 8.14. The average molecular weight is 244 g/mol. The van der Waals surface area contributed by atoms with Gasteiger partial charge in [0.25, 0.3) is 0 Å². The Morgan fingerprint density at radius 1 is 1.39 bits per heavy atom. The highest BCUT2D eigenvalue weighted by atomic mass is 16.2. The smallest absolute Gasteiger partial charge is 0.231 e. The summed E-state index contributed by atoms with van der Waals surface area (Å²) in [6.07, 6.45) is 3.91. The molecule has 0 radical (unpaired) electrons. The van der Waals surface area contributed by atoms with Crippen molar-refractivity contribution in [3.05, 3.63) is 29.8 Å². The van der Waals surface area contributed by atoms with Crippen molar-refractivity contribution in [1.29, 1.82) is 0 Å². The lowest BCUT2D eigenvalue weighted by Crippen LogP contribution is -2.37. The topological polar surface area (TPSA) is 32.3 Å². The molecular weight excluding hydrogens is 224 g/mol. The molecule has 2 aliphatic rings. The van der Waals surface area contributed by atoms with Gasteiger partial charge in [-0.3, -0.25) is 4.79 Å². The van der Waals surface area contributed by atoms with Crippen LogP contribution in [-0.2, 0) is 4.79 Å². The number of nitrogens with zero attached hydrogens (tertiary/aromatic N) is 1. The molecule has 1 aliphatic heterocycles. The van der Waals surface area contributed by atoms with Crippen LogP contribution in [0.5, 0.6) is 0 Å². The van der Waals surface area contributed by atoms with E-state index in [1.54, 1.807) is 0 Å². The van der Waals surface area contributed by atoms with Crippen LogP contribution in [0.1, 0.15) is 30.7 Å². The molecular formula is C15H20N2O. The number of carbonyl (C=O) groups is 1. The number of para-hydroxylation sites is 1. The number of carbonyl (C=O) groups excluding carboxylic acids is 1. The Morgan fingerprint density at radius 3 is 2.89 bits per heavy atom. The molecule has 1 fully saturated rings. The number of hydrogen-bond acceptors (Lipinski definition) is 2. The summed E-state index contributed by atoms with van der Waals surface area (Å²) in [5, 5.41) is 3.32. The highest BCUT2D eigenvalue weighted by Gasteiger charge is 2.31. The fourth-order valence-electron chi connectivity index (χ4n) is 2.92. The van der Waals surface area contributed by atoms with E-state index >= 15 is 0 Å². The maximum Gasteiger partial charge on any atom is 0.231 e. The van der Waals surface area contributed by atoms with E-state index in [4.69, 9.17) is 0 Å². The lowest BCUT2D eigenvalue weighted by Gasteiger charge is -2.31. The molecule has 0 bridgehead atoms. The maximum absolute atomic E-state index is 12.5. The van der Waals surface area contributed by atoms with E-state index in [0.29, 0.717) is 0 Å². The van der Waals surface area contributed by atoms with Gasteiger partial charge in [-0.05, 0) is 30.4 Å². The second kappa shape index (κ2) is 4.63. The van der Waals surface area contributed by atoms with E-state index in [0.717, 1.165) is 30.3 Å². The van der Waals surface area contributed by atoms with E-state index in [1.165, 1.54) is 19.3 Å². The molecule has 1 unspecified atom stereocenters. The summed E-state index contributed by atoms with van der Waals surface area (Å²) < 4.78 is 0. The van der Waals surface area contributed by atoms with Gasteiger partial charge in [0.05, 0.1) is 5.92 Å². The van der Waals surface area contributed by atoms with Gasteiger partial charge < -0.3 is 10.2 Å².